The average Bonchev–Trinajstić information content (AvgIpc) is 2.96. The number of amides is 1. The van der Waals surface area contributed by atoms with Crippen LogP contribution in [0, 0.1) is 12.8 Å². The molecule has 2 heterocycles. The zero-order valence-electron chi connectivity index (χ0n) is 13.0. The van der Waals surface area contributed by atoms with E-state index in [2.05, 4.69) is 10.4 Å². The Kier molecular flexibility index (Phi) is 4.24. The lowest BCUT2D eigenvalue weighted by Gasteiger charge is -2.22. The van der Waals surface area contributed by atoms with Gasteiger partial charge in [-0.3, -0.25) is 9.48 Å². The standard InChI is InChI=1S/C17H21N3O2/c1-12-5-6-13(16-7-8-18-20(16)2)10-15(12)19-17(21)14-4-3-9-22-11-14/h5-8,10,14H,3-4,9,11H2,1-2H3,(H,19,21)/t14-/m1/s1. The third kappa shape index (κ3) is 3.04. The lowest BCUT2D eigenvalue weighted by Crippen LogP contribution is -2.30. The molecule has 1 aliphatic heterocycles. The van der Waals surface area contributed by atoms with E-state index >= 15 is 0 Å². The molecule has 1 atom stereocenters. The summed E-state index contributed by atoms with van der Waals surface area (Å²) < 4.78 is 7.22. The lowest BCUT2D eigenvalue weighted by atomic mass is 10.0. The number of nitrogens with one attached hydrogen (secondary N) is 1. The Hall–Kier alpha value is -2.14. The summed E-state index contributed by atoms with van der Waals surface area (Å²) in [4.78, 5) is 12.4. The molecule has 5 nitrogen and oxygen atoms in total. The summed E-state index contributed by atoms with van der Waals surface area (Å²) in [5.74, 6) is -0.00142. The minimum absolute atomic E-state index is 0.0463. The molecule has 22 heavy (non-hydrogen) atoms. The van der Waals surface area contributed by atoms with Gasteiger partial charge in [0.05, 0.1) is 18.2 Å². The minimum atomic E-state index is -0.0477. The number of benzene rings is 1. The molecule has 3 rings (SSSR count). The number of hydrogen-bond acceptors (Lipinski definition) is 3. The third-order valence-corrected chi connectivity index (χ3v) is 4.14. The van der Waals surface area contributed by atoms with Crippen molar-refractivity contribution in [2.75, 3.05) is 18.5 Å². The van der Waals surface area contributed by atoms with Crippen LogP contribution in [-0.4, -0.2) is 28.9 Å². The Morgan fingerprint density at radius 3 is 2.95 bits per heavy atom. The maximum Gasteiger partial charge on any atom is 0.229 e. The number of carbonyl (C=O) groups excluding carboxylic acids is 1. The van der Waals surface area contributed by atoms with Gasteiger partial charge in [-0.1, -0.05) is 12.1 Å². The maximum atomic E-state index is 12.4. The summed E-state index contributed by atoms with van der Waals surface area (Å²) in [6, 6.07) is 8.04. The highest BCUT2D eigenvalue weighted by Gasteiger charge is 2.22. The first kappa shape index (κ1) is 14.8. The monoisotopic (exact) mass is 299 g/mol. The number of carbonyl (C=O) groups is 1. The number of aromatic nitrogens is 2. The number of ether oxygens (including phenoxy) is 1. The largest absolute Gasteiger partial charge is 0.381 e. The van der Waals surface area contributed by atoms with Crippen LogP contribution in [0.15, 0.2) is 30.5 Å². The summed E-state index contributed by atoms with van der Waals surface area (Å²) in [6.45, 7) is 3.28. The molecule has 1 fully saturated rings. The Bertz CT molecular complexity index is 672. The molecule has 0 bridgehead atoms. The molecular formula is C17H21N3O2. The van der Waals surface area contributed by atoms with Gasteiger partial charge in [-0.05, 0) is 37.5 Å². The van der Waals surface area contributed by atoms with Gasteiger partial charge in [0.15, 0.2) is 0 Å². The van der Waals surface area contributed by atoms with Gasteiger partial charge in [0.2, 0.25) is 5.91 Å². The zero-order chi connectivity index (χ0) is 15.5. The summed E-state index contributed by atoms with van der Waals surface area (Å²) in [7, 11) is 1.91. The van der Waals surface area contributed by atoms with E-state index in [1.165, 1.54) is 0 Å². The third-order valence-electron chi connectivity index (χ3n) is 4.14. The number of hydrogen-bond donors (Lipinski definition) is 1. The van der Waals surface area contributed by atoms with Crippen LogP contribution in [0.4, 0.5) is 5.69 Å². The van der Waals surface area contributed by atoms with Crippen molar-refractivity contribution in [2.45, 2.75) is 19.8 Å². The molecule has 2 aromatic rings. The number of nitrogens with zero attached hydrogens (tertiary/aromatic N) is 2. The second-order valence-corrected chi connectivity index (χ2v) is 5.77. The van der Waals surface area contributed by atoms with Gasteiger partial charge in [0.25, 0.3) is 0 Å². The van der Waals surface area contributed by atoms with Gasteiger partial charge in [0, 0.05) is 31.1 Å². The highest BCUT2D eigenvalue weighted by molar-refractivity contribution is 5.94. The first-order valence-corrected chi connectivity index (χ1v) is 7.63. The van der Waals surface area contributed by atoms with Gasteiger partial charge in [-0.2, -0.15) is 5.10 Å². The van der Waals surface area contributed by atoms with E-state index < -0.39 is 0 Å². The van der Waals surface area contributed by atoms with Gasteiger partial charge >= 0.3 is 0 Å². The molecule has 5 heteroatoms. The van der Waals surface area contributed by atoms with Crippen molar-refractivity contribution in [3.63, 3.8) is 0 Å². The molecule has 0 radical (unpaired) electrons. The quantitative estimate of drug-likeness (QED) is 0.948. The second-order valence-electron chi connectivity index (χ2n) is 5.77. The van der Waals surface area contributed by atoms with Crippen LogP contribution in [0.3, 0.4) is 0 Å². The normalized spacial score (nSPS) is 18.2. The molecule has 1 saturated heterocycles. The van der Waals surface area contributed by atoms with Crippen LogP contribution in [-0.2, 0) is 16.6 Å². The van der Waals surface area contributed by atoms with Crippen LogP contribution >= 0.6 is 0 Å². The van der Waals surface area contributed by atoms with E-state index in [0.717, 1.165) is 42.0 Å². The van der Waals surface area contributed by atoms with Gasteiger partial charge < -0.3 is 10.1 Å². The first-order chi connectivity index (χ1) is 10.6. The van der Waals surface area contributed by atoms with Gasteiger partial charge in [-0.25, -0.2) is 0 Å². The van der Waals surface area contributed by atoms with Crippen LogP contribution in [0.1, 0.15) is 18.4 Å². The van der Waals surface area contributed by atoms with Crippen LogP contribution < -0.4 is 5.32 Å². The smallest absolute Gasteiger partial charge is 0.229 e. The predicted octanol–water partition coefficient (Wildman–Crippen LogP) is 2.76. The fourth-order valence-corrected chi connectivity index (χ4v) is 2.76. The molecule has 1 aromatic carbocycles. The predicted molar refractivity (Wildman–Crippen MR) is 85.6 cm³/mol. The van der Waals surface area contributed by atoms with Crippen LogP contribution in [0.25, 0.3) is 11.3 Å². The van der Waals surface area contributed by atoms with Crippen molar-refractivity contribution < 1.29 is 9.53 Å². The van der Waals surface area contributed by atoms with E-state index in [0.29, 0.717) is 6.61 Å². The lowest BCUT2D eigenvalue weighted by molar-refractivity contribution is -0.123. The van der Waals surface area contributed by atoms with Crippen molar-refractivity contribution in [1.29, 1.82) is 0 Å². The minimum Gasteiger partial charge on any atom is -0.381 e. The van der Waals surface area contributed by atoms with Gasteiger partial charge in [-0.15, -0.1) is 0 Å². The molecule has 116 valence electrons. The number of rotatable bonds is 3. The Labute approximate surface area is 130 Å². The molecule has 1 aliphatic rings. The highest BCUT2D eigenvalue weighted by Crippen LogP contribution is 2.26. The zero-order valence-corrected chi connectivity index (χ0v) is 13.0. The molecule has 1 amide bonds. The Balaban J connectivity index is 1.81. The first-order valence-electron chi connectivity index (χ1n) is 7.63. The summed E-state index contributed by atoms with van der Waals surface area (Å²) >= 11 is 0. The van der Waals surface area contributed by atoms with Crippen molar-refractivity contribution >= 4 is 11.6 Å². The van der Waals surface area contributed by atoms with E-state index in [9.17, 15) is 4.79 Å². The number of anilines is 1. The maximum absolute atomic E-state index is 12.4. The van der Waals surface area contributed by atoms with E-state index in [1.807, 2.05) is 42.9 Å². The molecule has 0 unspecified atom stereocenters. The SMILES string of the molecule is Cc1ccc(-c2ccnn2C)cc1NC(=O)[C@@H]1CCCOC1. The fraction of sp³-hybridized carbons (Fsp3) is 0.412. The molecule has 0 spiro atoms. The molecule has 1 N–H and O–H groups in total. The highest BCUT2D eigenvalue weighted by atomic mass is 16.5. The van der Waals surface area contributed by atoms with E-state index in [4.69, 9.17) is 4.74 Å². The molecule has 0 saturated carbocycles. The van der Waals surface area contributed by atoms with Crippen molar-refractivity contribution in [1.82, 2.24) is 9.78 Å². The van der Waals surface area contributed by atoms with Crippen molar-refractivity contribution in [2.24, 2.45) is 13.0 Å². The number of aryl methyl sites for hydroxylation is 2. The van der Waals surface area contributed by atoms with Crippen LogP contribution in [0.2, 0.25) is 0 Å². The fourth-order valence-electron chi connectivity index (χ4n) is 2.76. The van der Waals surface area contributed by atoms with E-state index in [-0.39, 0.29) is 11.8 Å². The molecule has 0 aliphatic carbocycles. The topological polar surface area (TPSA) is 56.2 Å². The van der Waals surface area contributed by atoms with E-state index in [1.54, 1.807) is 6.20 Å². The summed E-state index contributed by atoms with van der Waals surface area (Å²) in [6.07, 6.45) is 3.62. The summed E-state index contributed by atoms with van der Waals surface area (Å²) in [5.41, 5.74) is 3.97. The average molecular weight is 299 g/mol. The molecular weight excluding hydrogens is 278 g/mol. The summed E-state index contributed by atoms with van der Waals surface area (Å²) in [5, 5.41) is 7.25. The Morgan fingerprint density at radius 2 is 2.27 bits per heavy atom. The van der Waals surface area contributed by atoms with Crippen molar-refractivity contribution in [3.05, 3.63) is 36.0 Å². The second kappa shape index (κ2) is 6.32. The van der Waals surface area contributed by atoms with Gasteiger partial charge in [0.1, 0.15) is 0 Å². The van der Waals surface area contributed by atoms with Crippen molar-refractivity contribution in [3.8, 4) is 11.3 Å². The molecule has 1 aromatic heterocycles. The van der Waals surface area contributed by atoms with Crippen LogP contribution in [0.5, 0.6) is 0 Å². The Morgan fingerprint density at radius 1 is 1.41 bits per heavy atom.